The number of nitrogens with zero attached hydrogens (tertiary/aromatic N) is 1. The number of aromatic nitrogens is 1. The molecular weight excluding hydrogens is 426 g/mol. The predicted molar refractivity (Wildman–Crippen MR) is 133 cm³/mol. The minimum atomic E-state index is -0.428. The average molecular weight is 460 g/mol. The van der Waals surface area contributed by atoms with E-state index in [1.807, 2.05) is 54.4 Å². The summed E-state index contributed by atoms with van der Waals surface area (Å²) in [6.07, 6.45) is 7.04. The minimum Gasteiger partial charge on any atom is -0.491 e. The summed E-state index contributed by atoms with van der Waals surface area (Å²) in [5.41, 5.74) is 2.38. The van der Waals surface area contributed by atoms with E-state index in [-0.39, 0.29) is 17.9 Å². The van der Waals surface area contributed by atoms with Crippen molar-refractivity contribution in [2.24, 2.45) is 5.41 Å². The Labute approximate surface area is 200 Å². The number of carbonyl (C=O) groups excluding carboxylic acids is 2. The number of H-pyrrole nitrogens is 1. The molecule has 0 unspecified atom stereocenters. The maximum Gasteiger partial charge on any atom is 0.255 e. The van der Waals surface area contributed by atoms with Crippen molar-refractivity contribution in [3.8, 4) is 5.75 Å². The van der Waals surface area contributed by atoms with Gasteiger partial charge in [0.05, 0.1) is 22.5 Å². The van der Waals surface area contributed by atoms with E-state index < -0.39 is 5.41 Å². The lowest BCUT2D eigenvalue weighted by molar-refractivity contribution is -0.135. The molecule has 2 aliphatic rings. The maximum absolute atomic E-state index is 13.5. The van der Waals surface area contributed by atoms with Gasteiger partial charge in [-0.15, -0.1) is 0 Å². The van der Waals surface area contributed by atoms with Crippen molar-refractivity contribution >= 4 is 22.7 Å². The predicted octanol–water partition coefficient (Wildman–Crippen LogP) is 4.70. The zero-order chi connectivity index (χ0) is 23.5. The molecule has 2 N–H and O–H groups in total. The molecule has 2 amide bonds. The van der Waals surface area contributed by atoms with E-state index in [1.54, 1.807) is 0 Å². The second-order valence-corrected chi connectivity index (χ2v) is 9.82. The van der Waals surface area contributed by atoms with Crippen molar-refractivity contribution in [1.29, 1.82) is 0 Å². The first-order valence-electron chi connectivity index (χ1n) is 12.4. The van der Waals surface area contributed by atoms with Crippen molar-refractivity contribution in [1.82, 2.24) is 15.2 Å². The van der Waals surface area contributed by atoms with Crippen molar-refractivity contribution < 1.29 is 14.3 Å². The number of likely N-dealkylation sites (tertiary alicyclic amines) is 1. The van der Waals surface area contributed by atoms with Crippen LogP contribution in [-0.4, -0.2) is 47.4 Å². The van der Waals surface area contributed by atoms with E-state index in [1.165, 1.54) is 5.56 Å². The van der Waals surface area contributed by atoms with Gasteiger partial charge in [-0.1, -0.05) is 36.8 Å². The highest BCUT2D eigenvalue weighted by Crippen LogP contribution is 2.38. The van der Waals surface area contributed by atoms with E-state index in [0.717, 1.165) is 42.3 Å². The number of aryl methyl sites for hydroxylation is 1. The number of benzene rings is 2. The first-order chi connectivity index (χ1) is 16.6. The molecule has 0 bridgehead atoms. The number of rotatable bonds is 1. The third-order valence-electron chi connectivity index (χ3n) is 7.50. The molecule has 0 saturated carbocycles. The number of piperidine rings is 1. The molecule has 5 rings (SSSR count). The van der Waals surface area contributed by atoms with Crippen LogP contribution < -0.4 is 10.1 Å². The van der Waals surface area contributed by atoms with Crippen LogP contribution in [0, 0.1) is 5.41 Å². The van der Waals surface area contributed by atoms with Crippen LogP contribution in [0.25, 0.3) is 10.9 Å². The molecule has 2 aromatic carbocycles. The highest BCUT2D eigenvalue weighted by molar-refractivity contribution is 6.05. The zero-order valence-corrected chi connectivity index (χ0v) is 19.8. The molecule has 1 aromatic heterocycles. The number of hydrogen-bond donors (Lipinski definition) is 2. The lowest BCUT2D eigenvalue weighted by Crippen LogP contribution is -2.52. The van der Waals surface area contributed by atoms with Gasteiger partial charge in [0.15, 0.2) is 0 Å². The van der Waals surface area contributed by atoms with Gasteiger partial charge in [-0.2, -0.15) is 0 Å². The molecule has 1 fully saturated rings. The summed E-state index contributed by atoms with van der Waals surface area (Å²) in [5, 5.41) is 4.25. The van der Waals surface area contributed by atoms with Crippen molar-refractivity contribution in [3.05, 3.63) is 65.9 Å². The highest BCUT2D eigenvalue weighted by atomic mass is 16.5. The quantitative estimate of drug-likeness (QED) is 0.554. The standard InChI is InChI=1S/C28H33N3O3/c1-20-19-34-24-11-3-2-7-21(24)8-4-5-13-28(27(33)30-20)14-17-31(18-15-28)26(32)23-10-6-9-22-12-16-29-25(22)23/h2-3,6-7,9-12,16,20,29H,4-5,8,13-15,17-19H2,1H3,(H,30,33)/t20-/m1/s1. The number of para-hydroxylation sites is 2. The lowest BCUT2D eigenvalue weighted by atomic mass is 9.73. The number of carbonyl (C=O) groups is 2. The second kappa shape index (κ2) is 9.53. The molecular formula is C28H33N3O3. The highest BCUT2D eigenvalue weighted by Gasteiger charge is 2.42. The van der Waals surface area contributed by atoms with Crippen LogP contribution in [0.15, 0.2) is 54.7 Å². The largest absolute Gasteiger partial charge is 0.491 e. The fraction of sp³-hybridized carbons (Fsp3) is 0.429. The fourth-order valence-electron chi connectivity index (χ4n) is 5.43. The number of amides is 2. The third kappa shape index (κ3) is 4.41. The maximum atomic E-state index is 13.5. The van der Waals surface area contributed by atoms with Gasteiger partial charge in [-0.25, -0.2) is 0 Å². The Kier molecular flexibility index (Phi) is 6.31. The Hall–Kier alpha value is -3.28. The topological polar surface area (TPSA) is 74.4 Å². The summed E-state index contributed by atoms with van der Waals surface area (Å²) in [7, 11) is 0. The number of ether oxygens (including phenoxy) is 1. The zero-order valence-electron chi connectivity index (χ0n) is 19.8. The van der Waals surface area contributed by atoms with Gasteiger partial charge in [-0.3, -0.25) is 9.59 Å². The SMILES string of the molecule is C[C@@H]1COc2ccccc2CCCCC2(CCN(C(=O)c3cccc4cc[nH]c34)CC2)C(=O)N1. The molecule has 178 valence electrons. The van der Waals surface area contributed by atoms with E-state index in [0.29, 0.717) is 38.1 Å². The van der Waals surface area contributed by atoms with Crippen LogP contribution in [-0.2, 0) is 11.2 Å². The normalized spacial score (nSPS) is 21.1. The van der Waals surface area contributed by atoms with Crippen molar-refractivity contribution in [2.45, 2.75) is 51.5 Å². The number of hydrogen-bond acceptors (Lipinski definition) is 3. The summed E-state index contributed by atoms with van der Waals surface area (Å²) in [4.78, 5) is 31.9. The van der Waals surface area contributed by atoms with Crippen LogP contribution >= 0.6 is 0 Å². The van der Waals surface area contributed by atoms with Crippen LogP contribution in [0.1, 0.15) is 54.9 Å². The Morgan fingerprint density at radius 1 is 1.03 bits per heavy atom. The van der Waals surface area contributed by atoms with Gasteiger partial charge in [-0.05, 0) is 62.8 Å². The second-order valence-electron chi connectivity index (χ2n) is 9.82. The van der Waals surface area contributed by atoms with Crippen molar-refractivity contribution in [3.63, 3.8) is 0 Å². The summed E-state index contributed by atoms with van der Waals surface area (Å²) in [6, 6.07) is 15.9. The van der Waals surface area contributed by atoms with Gasteiger partial charge in [0.2, 0.25) is 5.91 Å². The summed E-state index contributed by atoms with van der Waals surface area (Å²) in [6.45, 7) is 3.63. The summed E-state index contributed by atoms with van der Waals surface area (Å²) >= 11 is 0. The molecule has 6 heteroatoms. The summed E-state index contributed by atoms with van der Waals surface area (Å²) < 4.78 is 6.05. The molecule has 2 aliphatic heterocycles. The van der Waals surface area contributed by atoms with E-state index in [2.05, 4.69) is 22.4 Å². The van der Waals surface area contributed by atoms with E-state index in [4.69, 9.17) is 4.74 Å². The van der Waals surface area contributed by atoms with E-state index in [9.17, 15) is 9.59 Å². The lowest BCUT2D eigenvalue weighted by Gasteiger charge is -2.41. The molecule has 3 aromatic rings. The molecule has 3 heterocycles. The number of fused-ring (bicyclic) bond motifs is 2. The first-order valence-corrected chi connectivity index (χ1v) is 12.4. The van der Waals surface area contributed by atoms with Gasteiger partial charge in [0.25, 0.3) is 5.91 Å². The molecule has 1 spiro atoms. The fourth-order valence-corrected chi connectivity index (χ4v) is 5.43. The Bertz CT molecular complexity index is 1180. The van der Waals surface area contributed by atoms with Gasteiger partial charge in [0, 0.05) is 24.7 Å². The molecule has 0 aliphatic carbocycles. The average Bonchev–Trinajstić information content (AvgIpc) is 3.34. The Balaban J connectivity index is 1.30. The molecule has 1 saturated heterocycles. The van der Waals surface area contributed by atoms with Crippen LogP contribution in [0.4, 0.5) is 0 Å². The first kappa shape index (κ1) is 22.5. The Morgan fingerprint density at radius 3 is 2.71 bits per heavy atom. The van der Waals surface area contributed by atoms with Gasteiger partial charge in [0.1, 0.15) is 12.4 Å². The van der Waals surface area contributed by atoms with Crippen LogP contribution in [0.3, 0.4) is 0 Å². The van der Waals surface area contributed by atoms with Crippen molar-refractivity contribution in [2.75, 3.05) is 19.7 Å². The summed E-state index contributed by atoms with van der Waals surface area (Å²) in [5.74, 6) is 1.06. The molecule has 0 radical (unpaired) electrons. The monoisotopic (exact) mass is 459 g/mol. The third-order valence-corrected chi connectivity index (χ3v) is 7.50. The van der Waals surface area contributed by atoms with Crippen LogP contribution in [0.2, 0.25) is 0 Å². The van der Waals surface area contributed by atoms with E-state index >= 15 is 0 Å². The number of nitrogens with one attached hydrogen (secondary N) is 2. The number of aromatic amines is 1. The Morgan fingerprint density at radius 2 is 1.85 bits per heavy atom. The molecule has 6 nitrogen and oxygen atoms in total. The molecule has 34 heavy (non-hydrogen) atoms. The van der Waals surface area contributed by atoms with Crippen LogP contribution in [0.5, 0.6) is 5.75 Å². The van der Waals surface area contributed by atoms with Gasteiger partial charge < -0.3 is 19.9 Å². The smallest absolute Gasteiger partial charge is 0.255 e. The molecule has 1 atom stereocenters. The minimum absolute atomic E-state index is 0.0369. The van der Waals surface area contributed by atoms with Gasteiger partial charge >= 0.3 is 0 Å².